The first-order valence-corrected chi connectivity index (χ1v) is 9.48. The molecule has 1 amide bonds. The van der Waals surface area contributed by atoms with E-state index in [1.54, 1.807) is 12.1 Å². The molecular weight excluding hydrogens is 345 g/mol. The molecule has 0 aliphatic carbocycles. The van der Waals surface area contributed by atoms with Gasteiger partial charge in [-0.25, -0.2) is 4.39 Å². The average Bonchev–Trinajstić information content (AvgIpc) is 3.24. The van der Waals surface area contributed by atoms with Crippen molar-refractivity contribution in [1.29, 1.82) is 0 Å². The molecule has 1 aromatic heterocycles. The van der Waals surface area contributed by atoms with Crippen molar-refractivity contribution in [2.75, 3.05) is 13.2 Å². The average molecular weight is 369 g/mol. The number of aryl methyl sites for hydroxylation is 1. The standard InChI is InChI=1S/C21H24FN3O2/c1-3-27-15-4-5-17(22)16(12-15)14-10-13(2)24-19(11-14)18-6-7-21(25-18)8-9-23-20(21)26/h4-5,10-12,18,25H,3,6-9H2,1-2H3,(H,23,26)/t18-,21-/m1/s1. The van der Waals surface area contributed by atoms with Crippen molar-refractivity contribution < 1.29 is 13.9 Å². The van der Waals surface area contributed by atoms with Gasteiger partial charge in [0.1, 0.15) is 17.1 Å². The van der Waals surface area contributed by atoms with Gasteiger partial charge in [-0.05, 0) is 69.0 Å². The lowest BCUT2D eigenvalue weighted by Gasteiger charge is -2.22. The molecule has 0 saturated carbocycles. The lowest BCUT2D eigenvalue weighted by molar-refractivity contribution is -0.124. The number of aromatic nitrogens is 1. The molecule has 0 radical (unpaired) electrons. The molecule has 5 nitrogen and oxygen atoms in total. The minimum absolute atomic E-state index is 0.00867. The van der Waals surface area contributed by atoms with Crippen LogP contribution in [0.1, 0.15) is 43.6 Å². The van der Waals surface area contributed by atoms with Gasteiger partial charge in [-0.2, -0.15) is 0 Å². The van der Waals surface area contributed by atoms with Gasteiger partial charge in [-0.1, -0.05) is 0 Å². The maximum absolute atomic E-state index is 14.5. The van der Waals surface area contributed by atoms with Crippen molar-refractivity contribution in [3.05, 3.63) is 47.5 Å². The molecule has 2 aliphatic heterocycles. The predicted octanol–water partition coefficient (Wildman–Crippen LogP) is 3.28. The van der Waals surface area contributed by atoms with Crippen LogP contribution >= 0.6 is 0 Å². The first-order valence-electron chi connectivity index (χ1n) is 9.48. The largest absolute Gasteiger partial charge is 0.494 e. The van der Waals surface area contributed by atoms with Crippen LogP contribution < -0.4 is 15.4 Å². The first-order chi connectivity index (χ1) is 13.0. The highest BCUT2D eigenvalue weighted by molar-refractivity contribution is 5.88. The van der Waals surface area contributed by atoms with E-state index in [9.17, 15) is 9.18 Å². The minimum Gasteiger partial charge on any atom is -0.494 e. The summed E-state index contributed by atoms with van der Waals surface area (Å²) in [5.74, 6) is 0.430. The molecule has 0 unspecified atom stereocenters. The van der Waals surface area contributed by atoms with E-state index in [0.29, 0.717) is 24.5 Å². The summed E-state index contributed by atoms with van der Waals surface area (Å²) in [6.07, 6.45) is 2.43. The van der Waals surface area contributed by atoms with Crippen LogP contribution in [-0.2, 0) is 4.79 Å². The third kappa shape index (κ3) is 3.30. The zero-order chi connectivity index (χ0) is 19.0. The van der Waals surface area contributed by atoms with E-state index in [0.717, 1.165) is 36.2 Å². The summed E-state index contributed by atoms with van der Waals surface area (Å²) in [6.45, 7) is 5.05. The van der Waals surface area contributed by atoms with E-state index in [-0.39, 0.29) is 17.8 Å². The number of nitrogens with one attached hydrogen (secondary N) is 2. The number of pyridine rings is 1. The van der Waals surface area contributed by atoms with Gasteiger partial charge in [0.05, 0.1) is 18.3 Å². The van der Waals surface area contributed by atoms with Gasteiger partial charge in [0, 0.05) is 17.8 Å². The van der Waals surface area contributed by atoms with Gasteiger partial charge in [-0.3, -0.25) is 15.1 Å². The Balaban J connectivity index is 1.67. The van der Waals surface area contributed by atoms with E-state index in [4.69, 9.17) is 4.74 Å². The predicted molar refractivity (Wildman–Crippen MR) is 101 cm³/mol. The molecule has 4 rings (SSSR count). The van der Waals surface area contributed by atoms with Gasteiger partial charge in [0.15, 0.2) is 0 Å². The van der Waals surface area contributed by atoms with Crippen molar-refractivity contribution >= 4 is 5.91 Å². The van der Waals surface area contributed by atoms with Crippen molar-refractivity contribution in [2.24, 2.45) is 0 Å². The highest BCUT2D eigenvalue weighted by Crippen LogP contribution is 2.38. The van der Waals surface area contributed by atoms with Crippen molar-refractivity contribution in [3.63, 3.8) is 0 Å². The van der Waals surface area contributed by atoms with Crippen LogP contribution in [0.15, 0.2) is 30.3 Å². The summed E-state index contributed by atoms with van der Waals surface area (Å²) in [5.41, 5.74) is 2.47. The number of amides is 1. The number of hydrogen-bond acceptors (Lipinski definition) is 4. The third-order valence-corrected chi connectivity index (χ3v) is 5.47. The zero-order valence-electron chi connectivity index (χ0n) is 15.6. The van der Waals surface area contributed by atoms with Crippen LogP contribution in [0, 0.1) is 12.7 Å². The fourth-order valence-electron chi connectivity index (χ4n) is 4.15. The molecule has 1 aromatic carbocycles. The number of nitrogens with zero attached hydrogens (tertiary/aromatic N) is 1. The lowest BCUT2D eigenvalue weighted by atomic mass is 9.96. The number of rotatable bonds is 4. The SMILES string of the molecule is CCOc1ccc(F)c(-c2cc(C)nc([C@H]3CC[C@]4(CCNC4=O)N3)c2)c1. The van der Waals surface area contributed by atoms with Crippen LogP contribution in [0.4, 0.5) is 4.39 Å². The Kier molecular flexibility index (Phi) is 4.60. The number of carbonyl (C=O) groups excluding carboxylic acids is 1. The van der Waals surface area contributed by atoms with Crippen LogP contribution in [-0.4, -0.2) is 29.6 Å². The molecule has 142 valence electrons. The summed E-state index contributed by atoms with van der Waals surface area (Å²) < 4.78 is 20.0. The second-order valence-corrected chi connectivity index (χ2v) is 7.32. The Morgan fingerprint density at radius 2 is 2.15 bits per heavy atom. The Morgan fingerprint density at radius 1 is 1.30 bits per heavy atom. The molecule has 2 aliphatic rings. The molecule has 0 bridgehead atoms. The Labute approximate surface area is 158 Å². The third-order valence-electron chi connectivity index (χ3n) is 5.47. The molecule has 1 spiro atoms. The smallest absolute Gasteiger partial charge is 0.240 e. The Hall–Kier alpha value is -2.47. The second-order valence-electron chi connectivity index (χ2n) is 7.32. The van der Waals surface area contributed by atoms with Crippen molar-refractivity contribution in [2.45, 2.75) is 44.7 Å². The van der Waals surface area contributed by atoms with Crippen LogP contribution in [0.5, 0.6) is 5.75 Å². The highest BCUT2D eigenvalue weighted by Gasteiger charge is 2.48. The second kappa shape index (κ2) is 6.93. The van der Waals surface area contributed by atoms with E-state index in [1.165, 1.54) is 6.07 Å². The van der Waals surface area contributed by atoms with E-state index < -0.39 is 5.54 Å². The van der Waals surface area contributed by atoms with Gasteiger partial charge < -0.3 is 10.1 Å². The van der Waals surface area contributed by atoms with Crippen LogP contribution in [0.3, 0.4) is 0 Å². The first kappa shape index (κ1) is 17.9. The molecule has 6 heteroatoms. The topological polar surface area (TPSA) is 63.2 Å². The molecule has 2 saturated heterocycles. The van der Waals surface area contributed by atoms with Gasteiger partial charge in [0.25, 0.3) is 0 Å². The summed E-state index contributed by atoms with van der Waals surface area (Å²) in [4.78, 5) is 16.9. The molecule has 27 heavy (non-hydrogen) atoms. The molecule has 2 N–H and O–H groups in total. The van der Waals surface area contributed by atoms with Crippen LogP contribution in [0.2, 0.25) is 0 Å². The van der Waals surface area contributed by atoms with Crippen LogP contribution in [0.25, 0.3) is 11.1 Å². The number of benzene rings is 1. The van der Waals surface area contributed by atoms with E-state index in [2.05, 4.69) is 15.6 Å². The highest BCUT2D eigenvalue weighted by atomic mass is 19.1. The van der Waals surface area contributed by atoms with E-state index in [1.807, 2.05) is 26.0 Å². The zero-order valence-corrected chi connectivity index (χ0v) is 15.6. The molecule has 3 heterocycles. The normalized spacial score (nSPS) is 24.4. The maximum atomic E-state index is 14.5. The Bertz CT molecular complexity index is 886. The number of carbonyl (C=O) groups is 1. The van der Waals surface area contributed by atoms with Gasteiger partial charge in [0.2, 0.25) is 5.91 Å². The summed E-state index contributed by atoms with van der Waals surface area (Å²) in [6, 6.07) is 8.59. The monoisotopic (exact) mass is 369 g/mol. The number of ether oxygens (including phenoxy) is 1. The fourth-order valence-corrected chi connectivity index (χ4v) is 4.15. The maximum Gasteiger partial charge on any atom is 0.240 e. The molecule has 2 atom stereocenters. The summed E-state index contributed by atoms with van der Waals surface area (Å²) in [5, 5.41) is 6.40. The molecular formula is C21H24FN3O2. The Morgan fingerprint density at radius 3 is 2.89 bits per heavy atom. The molecule has 2 aromatic rings. The van der Waals surface area contributed by atoms with E-state index >= 15 is 0 Å². The summed E-state index contributed by atoms with van der Waals surface area (Å²) >= 11 is 0. The number of halogens is 1. The van der Waals surface area contributed by atoms with Crippen molar-refractivity contribution in [3.8, 4) is 16.9 Å². The van der Waals surface area contributed by atoms with Crippen molar-refractivity contribution in [1.82, 2.24) is 15.6 Å². The number of hydrogen-bond donors (Lipinski definition) is 2. The van der Waals surface area contributed by atoms with Gasteiger partial charge >= 0.3 is 0 Å². The molecule has 2 fully saturated rings. The quantitative estimate of drug-likeness (QED) is 0.868. The lowest BCUT2D eigenvalue weighted by Crippen LogP contribution is -2.47. The van der Waals surface area contributed by atoms with Gasteiger partial charge in [-0.15, -0.1) is 0 Å². The summed E-state index contributed by atoms with van der Waals surface area (Å²) in [7, 11) is 0. The fraction of sp³-hybridized carbons (Fsp3) is 0.429. The minimum atomic E-state index is -0.476.